The maximum absolute atomic E-state index is 13.2. The molecule has 0 saturated carbocycles. The van der Waals surface area contributed by atoms with Crippen molar-refractivity contribution in [3.05, 3.63) is 68.3 Å². The van der Waals surface area contributed by atoms with Crippen LogP contribution in [0.1, 0.15) is 54.4 Å². The van der Waals surface area contributed by atoms with Crippen molar-refractivity contribution in [3.8, 4) is 11.5 Å². The number of nitrogens with one attached hydrogen (secondary N) is 3. The highest BCUT2D eigenvalue weighted by molar-refractivity contribution is 6.39. The third kappa shape index (κ3) is 5.93. The number of amides is 1. The van der Waals surface area contributed by atoms with Crippen LogP contribution in [0.5, 0.6) is 11.5 Å². The Morgan fingerprint density at radius 3 is 2.27 bits per heavy atom. The van der Waals surface area contributed by atoms with Crippen molar-refractivity contribution < 1.29 is 14.3 Å². The predicted octanol–water partition coefficient (Wildman–Crippen LogP) is 5.97. The minimum Gasteiger partial charge on any atom is -0.495 e. The largest absolute Gasteiger partial charge is 0.495 e. The molecule has 2 aromatic carbocycles. The van der Waals surface area contributed by atoms with Crippen molar-refractivity contribution in [1.29, 1.82) is 0 Å². The molecule has 2 atom stereocenters. The van der Waals surface area contributed by atoms with Gasteiger partial charge in [0.05, 0.1) is 35.5 Å². The molecule has 1 saturated heterocycles. The van der Waals surface area contributed by atoms with Gasteiger partial charge in [0.1, 0.15) is 11.5 Å². The lowest BCUT2D eigenvalue weighted by Gasteiger charge is -2.37. The maximum Gasteiger partial charge on any atom is 0.256 e. The van der Waals surface area contributed by atoms with Crippen LogP contribution in [0.15, 0.2) is 40.9 Å². The molecule has 9 nitrogen and oxygen atoms in total. The van der Waals surface area contributed by atoms with E-state index in [0.29, 0.717) is 74.7 Å². The lowest BCUT2D eigenvalue weighted by atomic mass is 9.99. The average Bonchev–Trinajstić information content (AvgIpc) is 3.32. The second-order valence-electron chi connectivity index (χ2n) is 10.5. The van der Waals surface area contributed by atoms with E-state index in [2.05, 4.69) is 39.6 Å². The van der Waals surface area contributed by atoms with Crippen LogP contribution in [0.3, 0.4) is 0 Å². The molecule has 1 amide bonds. The van der Waals surface area contributed by atoms with Crippen LogP contribution in [0.2, 0.25) is 10.0 Å². The third-order valence-corrected chi connectivity index (χ3v) is 8.20. The molecular weight excluding hydrogens is 563 g/mol. The molecule has 5 rings (SSSR count). The van der Waals surface area contributed by atoms with E-state index in [1.165, 1.54) is 14.2 Å². The number of anilines is 2. The Hall–Kier alpha value is -3.53. The fraction of sp³-hybridized carbons (Fsp3) is 0.367. The summed E-state index contributed by atoms with van der Waals surface area (Å²) in [5, 5.41) is 14.6. The Labute approximate surface area is 249 Å². The number of nitrogens with zero attached hydrogens (tertiary/aromatic N) is 3. The van der Waals surface area contributed by atoms with E-state index >= 15 is 0 Å². The zero-order valence-corrected chi connectivity index (χ0v) is 25.3. The van der Waals surface area contributed by atoms with Gasteiger partial charge in [-0.1, -0.05) is 23.2 Å². The number of aromatic amines is 1. The first-order valence-electron chi connectivity index (χ1n) is 13.5. The average molecular weight is 598 g/mol. The molecule has 1 fully saturated rings. The van der Waals surface area contributed by atoms with Gasteiger partial charge >= 0.3 is 0 Å². The molecule has 0 bridgehead atoms. The van der Waals surface area contributed by atoms with Gasteiger partial charge in [0.15, 0.2) is 5.82 Å². The molecule has 3 aromatic rings. The summed E-state index contributed by atoms with van der Waals surface area (Å²) >= 11 is 13.4. The van der Waals surface area contributed by atoms with Crippen molar-refractivity contribution >= 4 is 52.5 Å². The standard InChI is InChI=1S/C30H34Cl2N6O3/c1-16-6-11-22-21(13-33-28(16)25-26(31)23(40-4)12-24(41-5)27(25)32)29(37-36-22)35-30(39)19-7-9-20(10-8-19)38-14-17(2)34-18(3)15-38/h7-10,12-13,17-18,34H,6,11,14-15H2,1-5H3,(H2,35,36,37,39)/t17-,18+. The molecule has 3 N–H and O–H groups in total. The number of fused-ring (bicyclic) bond motifs is 1. The number of ether oxygens (including phenoxy) is 2. The van der Waals surface area contributed by atoms with E-state index in [1.54, 1.807) is 12.3 Å². The van der Waals surface area contributed by atoms with Gasteiger partial charge in [0.2, 0.25) is 0 Å². The van der Waals surface area contributed by atoms with Crippen LogP contribution < -0.4 is 25.0 Å². The number of halogens is 2. The fourth-order valence-corrected chi connectivity index (χ4v) is 6.07. The summed E-state index contributed by atoms with van der Waals surface area (Å²) in [5.41, 5.74) is 5.35. The number of carbonyl (C=O) groups is 1. The number of aromatic nitrogens is 2. The minimum absolute atomic E-state index is 0.251. The quantitative estimate of drug-likeness (QED) is 0.324. The zero-order chi connectivity index (χ0) is 29.3. The van der Waals surface area contributed by atoms with Crippen LogP contribution in [-0.4, -0.2) is 61.7 Å². The lowest BCUT2D eigenvalue weighted by molar-refractivity contribution is 0.102. The molecule has 0 aliphatic carbocycles. The number of benzene rings is 2. The van der Waals surface area contributed by atoms with Crippen LogP contribution in [0.25, 0.3) is 5.70 Å². The summed E-state index contributed by atoms with van der Waals surface area (Å²) in [5.74, 6) is 1.02. The van der Waals surface area contributed by atoms with E-state index in [9.17, 15) is 4.79 Å². The molecule has 0 spiro atoms. The molecule has 2 aliphatic rings. The van der Waals surface area contributed by atoms with Gasteiger partial charge < -0.3 is 25.0 Å². The highest BCUT2D eigenvalue weighted by Crippen LogP contribution is 2.45. The molecule has 0 radical (unpaired) electrons. The number of hydrogen-bond donors (Lipinski definition) is 3. The number of hydrogen-bond acceptors (Lipinski definition) is 7. The first-order chi connectivity index (χ1) is 19.7. The molecule has 2 aliphatic heterocycles. The Kier molecular flexibility index (Phi) is 8.58. The second-order valence-corrected chi connectivity index (χ2v) is 11.3. The summed E-state index contributed by atoms with van der Waals surface area (Å²) in [6, 6.07) is 10.1. The molecule has 11 heteroatoms. The van der Waals surface area contributed by atoms with Crippen molar-refractivity contribution in [3.63, 3.8) is 0 Å². The summed E-state index contributed by atoms with van der Waals surface area (Å²) in [7, 11) is 3.07. The number of piperazine rings is 1. The van der Waals surface area contributed by atoms with Crippen molar-refractivity contribution in [2.24, 2.45) is 4.99 Å². The van der Waals surface area contributed by atoms with E-state index in [4.69, 9.17) is 37.7 Å². The Morgan fingerprint density at radius 1 is 1.02 bits per heavy atom. The Balaban J connectivity index is 1.39. The topological polar surface area (TPSA) is 104 Å². The number of aliphatic imine (C=N–C) groups is 1. The van der Waals surface area contributed by atoms with Crippen molar-refractivity contribution in [2.75, 3.05) is 37.5 Å². The van der Waals surface area contributed by atoms with E-state index in [1.807, 2.05) is 31.2 Å². The highest BCUT2D eigenvalue weighted by Gasteiger charge is 2.25. The van der Waals surface area contributed by atoms with Crippen LogP contribution >= 0.6 is 23.2 Å². The van der Waals surface area contributed by atoms with Gasteiger partial charge in [-0.2, -0.15) is 5.10 Å². The van der Waals surface area contributed by atoms with Crippen LogP contribution in [0.4, 0.5) is 11.5 Å². The van der Waals surface area contributed by atoms with Crippen molar-refractivity contribution in [1.82, 2.24) is 15.5 Å². The van der Waals surface area contributed by atoms with Gasteiger partial charge in [0, 0.05) is 60.0 Å². The molecule has 1 aromatic heterocycles. The Bertz CT molecular complexity index is 1480. The van der Waals surface area contributed by atoms with E-state index in [-0.39, 0.29) is 5.91 Å². The van der Waals surface area contributed by atoms with E-state index < -0.39 is 0 Å². The SMILES string of the molecule is COc1cc(OC)c(Cl)c(C2=C(C)CCc3[nH]nc(NC(=O)c4ccc(N5C[C@@H](C)N[C@@H](C)C5)cc4)c3C=N2)c1Cl. The van der Waals surface area contributed by atoms with Gasteiger partial charge in [-0.3, -0.25) is 14.9 Å². The summed E-state index contributed by atoms with van der Waals surface area (Å²) in [4.78, 5) is 20.3. The zero-order valence-electron chi connectivity index (χ0n) is 23.8. The molecule has 0 unspecified atom stereocenters. The number of aryl methyl sites for hydroxylation is 1. The van der Waals surface area contributed by atoms with Gasteiger partial charge in [-0.05, 0) is 63.5 Å². The molecule has 41 heavy (non-hydrogen) atoms. The number of allylic oxidation sites excluding steroid dienone is 1. The number of methoxy groups -OCH3 is 2. The predicted molar refractivity (Wildman–Crippen MR) is 165 cm³/mol. The molecular formula is C30H34Cl2N6O3. The summed E-state index contributed by atoms with van der Waals surface area (Å²) in [6.45, 7) is 8.19. The fourth-order valence-electron chi connectivity index (χ4n) is 5.39. The van der Waals surface area contributed by atoms with E-state index in [0.717, 1.165) is 30.0 Å². The third-order valence-electron chi connectivity index (χ3n) is 7.45. The number of rotatable bonds is 6. The van der Waals surface area contributed by atoms with Gasteiger partial charge in [-0.15, -0.1) is 0 Å². The van der Waals surface area contributed by atoms with Crippen LogP contribution in [0, 0.1) is 0 Å². The summed E-state index contributed by atoms with van der Waals surface area (Å²) in [6.07, 6.45) is 3.01. The summed E-state index contributed by atoms with van der Waals surface area (Å²) < 4.78 is 10.9. The normalized spacial score (nSPS) is 19.0. The smallest absolute Gasteiger partial charge is 0.256 e. The lowest BCUT2D eigenvalue weighted by Crippen LogP contribution is -2.54. The first kappa shape index (κ1) is 29.0. The minimum atomic E-state index is -0.251. The molecule has 216 valence electrons. The van der Waals surface area contributed by atoms with Gasteiger partial charge in [0.25, 0.3) is 5.91 Å². The van der Waals surface area contributed by atoms with Crippen LogP contribution in [-0.2, 0) is 6.42 Å². The first-order valence-corrected chi connectivity index (χ1v) is 14.3. The number of H-pyrrole nitrogens is 1. The molecule has 3 heterocycles. The monoisotopic (exact) mass is 596 g/mol. The Morgan fingerprint density at radius 2 is 1.66 bits per heavy atom. The second kappa shape index (κ2) is 12.1. The maximum atomic E-state index is 13.2. The van der Waals surface area contributed by atoms with Gasteiger partial charge in [-0.25, -0.2) is 0 Å². The number of carbonyl (C=O) groups excluding carboxylic acids is 1. The van der Waals surface area contributed by atoms with Crippen molar-refractivity contribution in [2.45, 2.75) is 45.7 Å². The highest BCUT2D eigenvalue weighted by atomic mass is 35.5.